The normalized spacial score (nSPS) is 11.2. The Balaban J connectivity index is 4.29. The second-order valence-electron chi connectivity index (χ2n) is 6.41. The summed E-state index contributed by atoms with van der Waals surface area (Å²) in [5, 5.41) is 2.71. The van der Waals surface area contributed by atoms with Gasteiger partial charge < -0.3 is 15.1 Å². The van der Waals surface area contributed by atoms with E-state index in [1.165, 1.54) is 0 Å². The van der Waals surface area contributed by atoms with Gasteiger partial charge in [-0.1, -0.05) is 27.7 Å². The molecule has 0 spiro atoms. The van der Waals surface area contributed by atoms with Gasteiger partial charge in [-0.2, -0.15) is 0 Å². The number of hydrogen-bond donors (Lipinski definition) is 1. The van der Waals surface area contributed by atoms with Crippen LogP contribution in [-0.2, 0) is 9.59 Å². The fraction of sp³-hybridized carbons (Fsp3) is 0.867. The molecule has 0 saturated carbocycles. The number of amides is 2. The second kappa shape index (κ2) is 9.75. The van der Waals surface area contributed by atoms with E-state index in [1.54, 1.807) is 4.90 Å². The molecule has 0 radical (unpaired) electrons. The fourth-order valence-corrected chi connectivity index (χ4v) is 1.94. The summed E-state index contributed by atoms with van der Waals surface area (Å²) in [6, 6.07) is 0. The van der Waals surface area contributed by atoms with Crippen molar-refractivity contribution < 1.29 is 9.59 Å². The Hall–Kier alpha value is -1.10. The van der Waals surface area contributed by atoms with E-state index in [4.69, 9.17) is 0 Å². The van der Waals surface area contributed by atoms with Crippen molar-refractivity contribution in [3.63, 3.8) is 0 Å². The highest BCUT2D eigenvalue weighted by Crippen LogP contribution is 2.04. The zero-order valence-corrected chi connectivity index (χ0v) is 13.9. The first-order chi connectivity index (χ1) is 9.23. The highest BCUT2D eigenvalue weighted by molar-refractivity contribution is 6.35. The van der Waals surface area contributed by atoms with Crippen LogP contribution in [0, 0.1) is 11.8 Å². The van der Waals surface area contributed by atoms with E-state index < -0.39 is 11.8 Å². The molecule has 0 heterocycles. The highest BCUT2D eigenvalue weighted by atomic mass is 16.2. The maximum Gasteiger partial charge on any atom is 0.311 e. The molecule has 0 saturated heterocycles. The first-order valence-corrected chi connectivity index (χ1v) is 7.45. The Bertz CT molecular complexity index is 291. The Morgan fingerprint density at radius 2 is 1.50 bits per heavy atom. The van der Waals surface area contributed by atoms with E-state index in [-0.39, 0.29) is 0 Å². The lowest BCUT2D eigenvalue weighted by Gasteiger charge is -2.25. The molecule has 0 aliphatic carbocycles. The first kappa shape index (κ1) is 18.9. The minimum Gasteiger partial charge on any atom is -0.348 e. The monoisotopic (exact) mass is 285 g/mol. The van der Waals surface area contributed by atoms with Crippen LogP contribution in [-0.4, -0.2) is 61.9 Å². The first-order valence-electron chi connectivity index (χ1n) is 7.45. The summed E-state index contributed by atoms with van der Waals surface area (Å²) in [4.78, 5) is 27.7. The molecular weight excluding hydrogens is 254 g/mol. The van der Waals surface area contributed by atoms with Gasteiger partial charge in [0.25, 0.3) is 0 Å². The van der Waals surface area contributed by atoms with E-state index >= 15 is 0 Å². The van der Waals surface area contributed by atoms with E-state index in [1.807, 2.05) is 14.1 Å². The molecule has 0 unspecified atom stereocenters. The van der Waals surface area contributed by atoms with Gasteiger partial charge in [0.2, 0.25) is 0 Å². The van der Waals surface area contributed by atoms with E-state index in [2.05, 4.69) is 37.9 Å². The minimum absolute atomic E-state index is 0.360. The number of hydrogen-bond acceptors (Lipinski definition) is 3. The third kappa shape index (κ3) is 8.91. The Kier molecular flexibility index (Phi) is 9.21. The van der Waals surface area contributed by atoms with Crippen LogP contribution < -0.4 is 5.32 Å². The average molecular weight is 285 g/mol. The molecule has 0 aromatic heterocycles. The van der Waals surface area contributed by atoms with Gasteiger partial charge in [0, 0.05) is 19.6 Å². The maximum atomic E-state index is 12.1. The van der Waals surface area contributed by atoms with Gasteiger partial charge in [0.1, 0.15) is 0 Å². The smallest absolute Gasteiger partial charge is 0.311 e. The minimum atomic E-state index is -0.481. The third-order valence-electron chi connectivity index (χ3n) is 2.72. The quantitative estimate of drug-likeness (QED) is 0.538. The Morgan fingerprint density at radius 1 is 1.00 bits per heavy atom. The van der Waals surface area contributed by atoms with Crippen molar-refractivity contribution >= 4 is 11.8 Å². The van der Waals surface area contributed by atoms with Crippen LogP contribution in [0.3, 0.4) is 0 Å². The molecular formula is C15H31N3O2. The van der Waals surface area contributed by atoms with Crippen LogP contribution in [0.4, 0.5) is 0 Å². The number of rotatable bonds is 8. The lowest BCUT2D eigenvalue weighted by molar-refractivity contribution is -0.146. The summed E-state index contributed by atoms with van der Waals surface area (Å²) in [7, 11) is 3.97. The van der Waals surface area contributed by atoms with Gasteiger partial charge in [-0.3, -0.25) is 9.59 Å². The predicted molar refractivity (Wildman–Crippen MR) is 82.4 cm³/mol. The lowest BCUT2D eigenvalue weighted by atomic mass is 10.1. The molecule has 20 heavy (non-hydrogen) atoms. The summed E-state index contributed by atoms with van der Waals surface area (Å²) >= 11 is 0. The second-order valence-corrected chi connectivity index (χ2v) is 6.41. The molecule has 0 aliphatic rings. The number of carbonyl (C=O) groups is 2. The van der Waals surface area contributed by atoms with Gasteiger partial charge in [-0.05, 0) is 38.9 Å². The summed E-state index contributed by atoms with van der Waals surface area (Å²) in [6.45, 7) is 10.9. The van der Waals surface area contributed by atoms with Gasteiger partial charge >= 0.3 is 11.8 Å². The number of nitrogens with one attached hydrogen (secondary N) is 1. The summed E-state index contributed by atoms with van der Waals surface area (Å²) in [5.41, 5.74) is 0. The molecule has 0 bridgehead atoms. The van der Waals surface area contributed by atoms with Crippen molar-refractivity contribution in [1.29, 1.82) is 0 Å². The molecule has 0 aliphatic heterocycles. The van der Waals surface area contributed by atoms with Gasteiger partial charge in [-0.25, -0.2) is 0 Å². The van der Waals surface area contributed by atoms with E-state index in [9.17, 15) is 9.59 Å². The summed E-state index contributed by atoms with van der Waals surface area (Å²) < 4.78 is 0. The number of nitrogens with zero attached hydrogens (tertiary/aromatic N) is 2. The van der Waals surface area contributed by atoms with Gasteiger partial charge in [0.05, 0.1) is 0 Å². The van der Waals surface area contributed by atoms with Crippen LogP contribution >= 0.6 is 0 Å². The molecule has 0 aromatic carbocycles. The molecule has 5 nitrogen and oxygen atoms in total. The molecule has 118 valence electrons. The van der Waals surface area contributed by atoms with Crippen molar-refractivity contribution in [3.05, 3.63) is 0 Å². The Labute approximate surface area is 123 Å². The van der Waals surface area contributed by atoms with Gasteiger partial charge in [-0.15, -0.1) is 0 Å². The zero-order valence-electron chi connectivity index (χ0n) is 13.9. The topological polar surface area (TPSA) is 52.7 Å². The van der Waals surface area contributed by atoms with Crippen LogP contribution in [0.5, 0.6) is 0 Å². The largest absolute Gasteiger partial charge is 0.348 e. The van der Waals surface area contributed by atoms with Crippen molar-refractivity contribution in [2.24, 2.45) is 11.8 Å². The fourth-order valence-electron chi connectivity index (χ4n) is 1.94. The average Bonchev–Trinajstić information content (AvgIpc) is 2.31. The zero-order chi connectivity index (χ0) is 15.7. The van der Waals surface area contributed by atoms with Crippen LogP contribution in [0.25, 0.3) is 0 Å². The molecule has 1 N–H and O–H groups in total. The molecule has 0 fully saturated rings. The molecule has 0 rings (SSSR count). The van der Waals surface area contributed by atoms with Crippen molar-refractivity contribution in [3.8, 4) is 0 Å². The molecule has 2 amide bonds. The summed E-state index contributed by atoms with van der Waals surface area (Å²) in [6.07, 6.45) is 0.848. The van der Waals surface area contributed by atoms with Crippen LogP contribution in [0.15, 0.2) is 0 Å². The van der Waals surface area contributed by atoms with Crippen molar-refractivity contribution in [1.82, 2.24) is 15.1 Å². The molecule has 0 aromatic rings. The predicted octanol–water partition coefficient (Wildman–Crippen LogP) is 1.19. The lowest BCUT2D eigenvalue weighted by Crippen LogP contribution is -2.46. The van der Waals surface area contributed by atoms with Crippen molar-refractivity contribution in [2.75, 3.05) is 40.3 Å². The van der Waals surface area contributed by atoms with E-state index in [0.29, 0.717) is 31.5 Å². The van der Waals surface area contributed by atoms with Crippen LogP contribution in [0.1, 0.15) is 34.1 Å². The highest BCUT2D eigenvalue weighted by Gasteiger charge is 2.22. The SMILES string of the molecule is CC(C)CN(CC(C)C)C(=O)C(=O)NCCCN(C)C. The molecule has 0 atom stereocenters. The molecule has 5 heteroatoms. The maximum absolute atomic E-state index is 12.1. The summed E-state index contributed by atoms with van der Waals surface area (Å²) in [5.74, 6) is -0.166. The van der Waals surface area contributed by atoms with Crippen LogP contribution in [0.2, 0.25) is 0 Å². The van der Waals surface area contributed by atoms with Crippen molar-refractivity contribution in [2.45, 2.75) is 34.1 Å². The third-order valence-corrected chi connectivity index (χ3v) is 2.72. The van der Waals surface area contributed by atoms with E-state index in [0.717, 1.165) is 13.0 Å². The standard InChI is InChI=1S/C15H31N3O2/c1-12(2)10-18(11-13(3)4)15(20)14(19)16-8-7-9-17(5)6/h12-13H,7-11H2,1-6H3,(H,16,19). The van der Waals surface area contributed by atoms with Gasteiger partial charge in [0.15, 0.2) is 0 Å². The Morgan fingerprint density at radius 3 is 1.90 bits per heavy atom. The number of carbonyl (C=O) groups excluding carboxylic acids is 2.